The van der Waals surface area contributed by atoms with Gasteiger partial charge in [-0.3, -0.25) is 4.79 Å². The van der Waals surface area contributed by atoms with Gasteiger partial charge in [-0.25, -0.2) is 0 Å². The molecule has 1 aliphatic heterocycles. The number of nitrogens with zero attached hydrogens (tertiary/aromatic N) is 1. The lowest BCUT2D eigenvalue weighted by Crippen LogP contribution is -2.38. The molecule has 1 aromatic carbocycles. The standard InChI is InChI=1S/C18H23NO2/c1-13(2)17-10-5-11-19(17)18(21)16-9-4-7-15(14(16)3)8-6-12-20/h4,7,9,13,17,20H,5,10-12H2,1-3H3. The van der Waals surface area contributed by atoms with Crippen LogP contribution in [0.3, 0.4) is 0 Å². The van der Waals surface area contributed by atoms with Crippen LogP contribution in [0.2, 0.25) is 0 Å². The van der Waals surface area contributed by atoms with Gasteiger partial charge in [-0.05, 0) is 43.4 Å². The minimum absolute atomic E-state index is 0.108. The summed E-state index contributed by atoms with van der Waals surface area (Å²) in [7, 11) is 0. The summed E-state index contributed by atoms with van der Waals surface area (Å²) >= 11 is 0. The van der Waals surface area contributed by atoms with E-state index in [0.717, 1.165) is 36.1 Å². The van der Waals surface area contributed by atoms with Gasteiger partial charge in [0, 0.05) is 23.7 Å². The van der Waals surface area contributed by atoms with Gasteiger partial charge in [0.2, 0.25) is 0 Å². The van der Waals surface area contributed by atoms with Gasteiger partial charge in [0.1, 0.15) is 6.61 Å². The minimum atomic E-state index is -0.167. The summed E-state index contributed by atoms with van der Waals surface area (Å²) in [5.41, 5.74) is 2.44. The van der Waals surface area contributed by atoms with Gasteiger partial charge in [0.25, 0.3) is 5.91 Å². The molecule has 21 heavy (non-hydrogen) atoms. The number of aliphatic hydroxyl groups excluding tert-OH is 1. The first-order chi connectivity index (χ1) is 10.1. The number of likely N-dealkylation sites (tertiary alicyclic amines) is 1. The molecule has 1 unspecified atom stereocenters. The van der Waals surface area contributed by atoms with Crippen molar-refractivity contribution in [1.82, 2.24) is 4.90 Å². The van der Waals surface area contributed by atoms with Crippen molar-refractivity contribution in [2.24, 2.45) is 5.92 Å². The SMILES string of the molecule is Cc1c(C#CCO)cccc1C(=O)N1CCCC1C(C)C. The second-order valence-electron chi connectivity index (χ2n) is 5.89. The largest absolute Gasteiger partial charge is 0.384 e. The van der Waals surface area contributed by atoms with Crippen molar-refractivity contribution in [1.29, 1.82) is 0 Å². The van der Waals surface area contributed by atoms with E-state index >= 15 is 0 Å². The second kappa shape index (κ2) is 6.78. The van der Waals surface area contributed by atoms with Crippen LogP contribution in [0, 0.1) is 24.7 Å². The monoisotopic (exact) mass is 285 g/mol. The molecule has 1 amide bonds. The molecule has 0 aliphatic carbocycles. The lowest BCUT2D eigenvalue weighted by Gasteiger charge is -2.28. The first-order valence-electron chi connectivity index (χ1n) is 7.56. The molecule has 1 N–H and O–H groups in total. The zero-order valence-corrected chi connectivity index (χ0v) is 13.0. The number of aliphatic hydroxyl groups is 1. The Kier molecular flexibility index (Phi) is 5.03. The van der Waals surface area contributed by atoms with Crippen molar-refractivity contribution in [3.05, 3.63) is 34.9 Å². The Morgan fingerprint density at radius 3 is 2.90 bits per heavy atom. The predicted molar refractivity (Wildman–Crippen MR) is 84.0 cm³/mol. The summed E-state index contributed by atoms with van der Waals surface area (Å²) in [4.78, 5) is 14.8. The lowest BCUT2D eigenvalue weighted by atomic mass is 9.99. The van der Waals surface area contributed by atoms with Crippen LogP contribution >= 0.6 is 0 Å². The van der Waals surface area contributed by atoms with Crippen LogP contribution in [0.25, 0.3) is 0 Å². The number of hydrogen-bond donors (Lipinski definition) is 1. The highest BCUT2D eigenvalue weighted by Crippen LogP contribution is 2.26. The minimum Gasteiger partial charge on any atom is -0.384 e. The Hall–Kier alpha value is -1.79. The van der Waals surface area contributed by atoms with Gasteiger partial charge in [0.05, 0.1) is 0 Å². The molecular formula is C18H23NO2. The van der Waals surface area contributed by atoms with Crippen LogP contribution < -0.4 is 0 Å². The second-order valence-corrected chi connectivity index (χ2v) is 5.89. The Labute approximate surface area is 127 Å². The third-order valence-corrected chi connectivity index (χ3v) is 4.20. The fourth-order valence-electron chi connectivity index (χ4n) is 3.03. The molecule has 3 nitrogen and oxygen atoms in total. The maximum Gasteiger partial charge on any atom is 0.254 e. The highest BCUT2D eigenvalue weighted by Gasteiger charge is 2.31. The molecule has 1 aromatic rings. The molecule has 1 fully saturated rings. The predicted octanol–water partition coefficient (Wildman–Crippen LogP) is 2.60. The summed E-state index contributed by atoms with van der Waals surface area (Å²) in [6, 6.07) is 5.96. The lowest BCUT2D eigenvalue weighted by molar-refractivity contribution is 0.0701. The molecule has 1 atom stereocenters. The van der Waals surface area contributed by atoms with Gasteiger partial charge in [-0.1, -0.05) is 31.8 Å². The Morgan fingerprint density at radius 1 is 1.48 bits per heavy atom. The van der Waals surface area contributed by atoms with Crippen molar-refractivity contribution in [2.75, 3.05) is 13.2 Å². The van der Waals surface area contributed by atoms with E-state index in [2.05, 4.69) is 25.7 Å². The highest BCUT2D eigenvalue weighted by atomic mass is 16.2. The molecule has 0 bridgehead atoms. The number of amides is 1. The number of benzene rings is 1. The van der Waals surface area contributed by atoms with Crippen molar-refractivity contribution in [3.8, 4) is 11.8 Å². The first kappa shape index (κ1) is 15.6. The normalized spacial score (nSPS) is 17.8. The average molecular weight is 285 g/mol. The van der Waals surface area contributed by atoms with Crippen LogP contribution in [0.4, 0.5) is 0 Å². The number of rotatable bonds is 2. The highest BCUT2D eigenvalue weighted by molar-refractivity contribution is 5.96. The molecule has 1 aliphatic rings. The van der Waals surface area contributed by atoms with E-state index in [-0.39, 0.29) is 12.5 Å². The van der Waals surface area contributed by atoms with Gasteiger partial charge in [-0.15, -0.1) is 0 Å². The van der Waals surface area contributed by atoms with Crippen molar-refractivity contribution in [3.63, 3.8) is 0 Å². The van der Waals surface area contributed by atoms with Gasteiger partial charge < -0.3 is 10.0 Å². The molecule has 2 rings (SSSR count). The van der Waals surface area contributed by atoms with Crippen LogP contribution in [0.15, 0.2) is 18.2 Å². The fourth-order valence-corrected chi connectivity index (χ4v) is 3.03. The summed E-state index contributed by atoms with van der Waals surface area (Å²) in [6.45, 7) is 6.94. The van der Waals surface area contributed by atoms with E-state index in [0.29, 0.717) is 12.0 Å². The van der Waals surface area contributed by atoms with E-state index < -0.39 is 0 Å². The van der Waals surface area contributed by atoms with Crippen molar-refractivity contribution < 1.29 is 9.90 Å². The summed E-state index contributed by atoms with van der Waals surface area (Å²) in [5, 5.41) is 8.82. The maximum absolute atomic E-state index is 12.8. The molecule has 1 heterocycles. The molecule has 0 saturated carbocycles. The van der Waals surface area contributed by atoms with Crippen LogP contribution in [-0.4, -0.2) is 35.1 Å². The molecular weight excluding hydrogens is 262 g/mol. The number of carbonyl (C=O) groups excluding carboxylic acids is 1. The van der Waals surface area contributed by atoms with E-state index in [1.807, 2.05) is 30.0 Å². The molecule has 0 spiro atoms. The van der Waals surface area contributed by atoms with Crippen molar-refractivity contribution in [2.45, 2.75) is 39.7 Å². The van der Waals surface area contributed by atoms with Crippen LogP contribution in [0.5, 0.6) is 0 Å². The van der Waals surface area contributed by atoms with E-state index in [9.17, 15) is 4.79 Å². The van der Waals surface area contributed by atoms with Gasteiger partial charge >= 0.3 is 0 Å². The van der Waals surface area contributed by atoms with Crippen LogP contribution in [0.1, 0.15) is 48.2 Å². The van der Waals surface area contributed by atoms with Gasteiger partial charge in [0.15, 0.2) is 0 Å². The first-order valence-corrected chi connectivity index (χ1v) is 7.56. The van der Waals surface area contributed by atoms with Gasteiger partial charge in [-0.2, -0.15) is 0 Å². The van der Waals surface area contributed by atoms with Crippen molar-refractivity contribution >= 4 is 5.91 Å². The zero-order valence-electron chi connectivity index (χ0n) is 13.0. The maximum atomic E-state index is 12.8. The van der Waals surface area contributed by atoms with E-state index in [1.54, 1.807) is 0 Å². The Bertz CT molecular complexity index is 581. The van der Waals surface area contributed by atoms with E-state index in [4.69, 9.17) is 5.11 Å². The molecule has 0 aromatic heterocycles. The van der Waals surface area contributed by atoms with Crippen LogP contribution in [-0.2, 0) is 0 Å². The topological polar surface area (TPSA) is 40.5 Å². The third kappa shape index (κ3) is 3.28. The molecule has 112 valence electrons. The average Bonchev–Trinajstić information content (AvgIpc) is 2.95. The Balaban J connectivity index is 2.31. The quantitative estimate of drug-likeness (QED) is 0.849. The molecule has 3 heteroatoms. The molecule has 1 saturated heterocycles. The van der Waals surface area contributed by atoms with E-state index in [1.165, 1.54) is 0 Å². The fraction of sp³-hybridized carbons (Fsp3) is 0.500. The Morgan fingerprint density at radius 2 is 2.24 bits per heavy atom. The molecule has 0 radical (unpaired) electrons. The summed E-state index contributed by atoms with van der Waals surface area (Å²) < 4.78 is 0. The summed E-state index contributed by atoms with van der Waals surface area (Å²) in [6.07, 6.45) is 2.17. The third-order valence-electron chi connectivity index (χ3n) is 4.20. The number of hydrogen-bond acceptors (Lipinski definition) is 2. The smallest absolute Gasteiger partial charge is 0.254 e. The zero-order chi connectivity index (χ0) is 15.4. The summed E-state index contributed by atoms with van der Waals surface area (Å²) in [5.74, 6) is 6.15. The number of carbonyl (C=O) groups is 1.